The zero-order chi connectivity index (χ0) is 24.1. The van der Waals surface area contributed by atoms with Gasteiger partial charge in [0.2, 0.25) is 0 Å². The van der Waals surface area contributed by atoms with Crippen LogP contribution >= 0.6 is 0 Å². The number of rotatable bonds is 5. The van der Waals surface area contributed by atoms with Crippen molar-refractivity contribution in [1.82, 2.24) is 4.90 Å². The van der Waals surface area contributed by atoms with Gasteiger partial charge in [-0.2, -0.15) is 0 Å². The van der Waals surface area contributed by atoms with Gasteiger partial charge in [0.15, 0.2) is 5.96 Å². The molecule has 1 heterocycles. The molecule has 1 aliphatic rings. The van der Waals surface area contributed by atoms with Gasteiger partial charge in [0, 0.05) is 37.1 Å². The van der Waals surface area contributed by atoms with Crippen molar-refractivity contribution in [3.63, 3.8) is 0 Å². The van der Waals surface area contributed by atoms with E-state index in [2.05, 4.69) is 84.4 Å². The SMILES string of the molecule is Cc1ccc(CN=C(Nc2cccc(C(=O)O)c2)N2CCN(c3cccc(C)c3)C(C)C2)cc1. The molecule has 3 aromatic rings. The molecule has 0 bridgehead atoms. The lowest BCUT2D eigenvalue weighted by molar-refractivity contribution is 0.0697. The van der Waals surface area contributed by atoms with Crippen LogP contribution in [-0.4, -0.2) is 47.6 Å². The summed E-state index contributed by atoms with van der Waals surface area (Å²) in [6.45, 7) is 9.48. The summed E-state index contributed by atoms with van der Waals surface area (Å²) in [6.07, 6.45) is 0. The summed E-state index contributed by atoms with van der Waals surface area (Å²) < 4.78 is 0. The summed E-state index contributed by atoms with van der Waals surface area (Å²) in [6, 6.07) is 24.2. The highest BCUT2D eigenvalue weighted by molar-refractivity contribution is 5.96. The van der Waals surface area contributed by atoms with E-state index in [1.165, 1.54) is 16.8 Å². The fourth-order valence-electron chi connectivity index (χ4n) is 4.28. The molecule has 0 aromatic heterocycles. The maximum absolute atomic E-state index is 11.4. The minimum absolute atomic E-state index is 0.250. The molecule has 2 N–H and O–H groups in total. The van der Waals surface area contributed by atoms with E-state index in [4.69, 9.17) is 4.99 Å². The number of nitrogens with zero attached hydrogens (tertiary/aromatic N) is 3. The number of carboxylic acid groups (broad SMARTS) is 1. The van der Waals surface area contributed by atoms with Gasteiger partial charge in [-0.15, -0.1) is 0 Å². The van der Waals surface area contributed by atoms with Crippen molar-refractivity contribution in [2.45, 2.75) is 33.4 Å². The van der Waals surface area contributed by atoms with Crippen LogP contribution in [0.5, 0.6) is 0 Å². The molecule has 6 heteroatoms. The van der Waals surface area contributed by atoms with E-state index in [0.29, 0.717) is 12.6 Å². The van der Waals surface area contributed by atoms with Gasteiger partial charge in [0.25, 0.3) is 0 Å². The lowest BCUT2D eigenvalue weighted by atomic mass is 10.1. The van der Waals surface area contributed by atoms with Crippen LogP contribution < -0.4 is 10.2 Å². The first-order chi connectivity index (χ1) is 16.4. The number of hydrogen-bond acceptors (Lipinski definition) is 3. The second kappa shape index (κ2) is 10.4. The molecule has 0 amide bonds. The second-order valence-electron chi connectivity index (χ2n) is 8.96. The van der Waals surface area contributed by atoms with Gasteiger partial charge in [0.1, 0.15) is 0 Å². The molecule has 0 saturated carbocycles. The van der Waals surface area contributed by atoms with Crippen molar-refractivity contribution in [3.05, 3.63) is 95.1 Å². The lowest BCUT2D eigenvalue weighted by Gasteiger charge is -2.42. The molecule has 176 valence electrons. The van der Waals surface area contributed by atoms with Gasteiger partial charge >= 0.3 is 5.97 Å². The molecule has 34 heavy (non-hydrogen) atoms. The van der Waals surface area contributed by atoms with E-state index in [1.807, 2.05) is 6.07 Å². The maximum atomic E-state index is 11.4. The molecule has 1 unspecified atom stereocenters. The number of aromatic carboxylic acids is 1. The topological polar surface area (TPSA) is 68.2 Å². The summed E-state index contributed by atoms with van der Waals surface area (Å²) >= 11 is 0. The Morgan fingerprint density at radius 2 is 1.76 bits per heavy atom. The number of nitrogens with one attached hydrogen (secondary N) is 1. The highest BCUT2D eigenvalue weighted by atomic mass is 16.4. The first kappa shape index (κ1) is 23.4. The zero-order valence-corrected chi connectivity index (χ0v) is 20.0. The van der Waals surface area contributed by atoms with E-state index < -0.39 is 5.97 Å². The number of guanidine groups is 1. The Kier molecular flexibility index (Phi) is 7.16. The van der Waals surface area contributed by atoms with Gasteiger partial charge < -0.3 is 20.2 Å². The van der Waals surface area contributed by atoms with Crippen molar-refractivity contribution < 1.29 is 9.90 Å². The summed E-state index contributed by atoms with van der Waals surface area (Å²) in [4.78, 5) is 21.1. The molecule has 4 rings (SSSR count). The first-order valence-corrected chi connectivity index (χ1v) is 11.7. The number of aliphatic imine (C=N–C) groups is 1. The molecule has 1 fully saturated rings. The Morgan fingerprint density at radius 1 is 1.00 bits per heavy atom. The standard InChI is InChI=1S/C28H32N4O2/c1-20-10-12-23(13-11-20)18-29-28(30-25-8-5-7-24(17-25)27(33)34)31-14-15-32(22(3)19-31)26-9-4-6-21(2)16-26/h4-13,16-17,22H,14-15,18-19H2,1-3H3,(H,29,30)(H,33,34). The van der Waals surface area contributed by atoms with Gasteiger partial charge in [-0.3, -0.25) is 0 Å². The van der Waals surface area contributed by atoms with Crippen LogP contribution in [-0.2, 0) is 6.54 Å². The summed E-state index contributed by atoms with van der Waals surface area (Å²) in [5.74, 6) is -0.180. The van der Waals surface area contributed by atoms with Crippen molar-refractivity contribution >= 4 is 23.3 Å². The predicted molar refractivity (Wildman–Crippen MR) is 139 cm³/mol. The zero-order valence-electron chi connectivity index (χ0n) is 20.0. The minimum atomic E-state index is -0.942. The van der Waals surface area contributed by atoms with E-state index in [0.717, 1.165) is 36.8 Å². The van der Waals surface area contributed by atoms with Crippen LogP contribution in [0.2, 0.25) is 0 Å². The van der Waals surface area contributed by atoms with Crippen molar-refractivity contribution in [2.24, 2.45) is 4.99 Å². The Labute approximate surface area is 201 Å². The van der Waals surface area contributed by atoms with Crippen LogP contribution in [0.3, 0.4) is 0 Å². The molecule has 0 spiro atoms. The molecule has 0 radical (unpaired) electrons. The largest absolute Gasteiger partial charge is 0.478 e. The Morgan fingerprint density at radius 3 is 2.47 bits per heavy atom. The highest BCUT2D eigenvalue weighted by Gasteiger charge is 2.26. The third-order valence-corrected chi connectivity index (χ3v) is 6.16. The van der Waals surface area contributed by atoms with E-state index in [9.17, 15) is 9.90 Å². The fraction of sp³-hybridized carbons (Fsp3) is 0.286. The summed E-state index contributed by atoms with van der Waals surface area (Å²) in [5, 5.41) is 12.8. The molecular weight excluding hydrogens is 424 g/mol. The van der Waals surface area contributed by atoms with Crippen LogP contribution in [0.1, 0.15) is 34.0 Å². The molecule has 1 atom stereocenters. The van der Waals surface area contributed by atoms with Crippen molar-refractivity contribution in [1.29, 1.82) is 0 Å². The van der Waals surface area contributed by atoms with Crippen LogP contribution in [0.4, 0.5) is 11.4 Å². The number of hydrogen-bond donors (Lipinski definition) is 2. The first-order valence-electron chi connectivity index (χ1n) is 11.7. The van der Waals surface area contributed by atoms with Gasteiger partial charge in [-0.1, -0.05) is 48.0 Å². The quantitative estimate of drug-likeness (QED) is 0.409. The Balaban J connectivity index is 1.56. The average Bonchev–Trinajstić information content (AvgIpc) is 2.83. The third-order valence-electron chi connectivity index (χ3n) is 6.16. The summed E-state index contributed by atoms with van der Waals surface area (Å²) in [7, 11) is 0. The molecule has 3 aromatic carbocycles. The summed E-state index contributed by atoms with van der Waals surface area (Å²) in [5.41, 5.74) is 5.82. The smallest absolute Gasteiger partial charge is 0.335 e. The monoisotopic (exact) mass is 456 g/mol. The molecule has 0 aliphatic carbocycles. The van der Waals surface area contributed by atoms with Gasteiger partial charge in [0.05, 0.1) is 12.1 Å². The number of carboxylic acids is 1. The highest BCUT2D eigenvalue weighted by Crippen LogP contribution is 2.22. The van der Waals surface area contributed by atoms with Crippen LogP contribution in [0.25, 0.3) is 0 Å². The van der Waals surface area contributed by atoms with E-state index in [-0.39, 0.29) is 5.56 Å². The minimum Gasteiger partial charge on any atom is -0.478 e. The molecular formula is C28H32N4O2. The third kappa shape index (κ3) is 5.76. The number of anilines is 2. The predicted octanol–water partition coefficient (Wildman–Crippen LogP) is 5.18. The number of aryl methyl sites for hydroxylation is 2. The maximum Gasteiger partial charge on any atom is 0.335 e. The second-order valence-corrected chi connectivity index (χ2v) is 8.96. The van der Waals surface area contributed by atoms with Crippen LogP contribution in [0.15, 0.2) is 77.8 Å². The van der Waals surface area contributed by atoms with E-state index >= 15 is 0 Å². The van der Waals surface area contributed by atoms with Crippen molar-refractivity contribution in [3.8, 4) is 0 Å². The number of carbonyl (C=O) groups is 1. The van der Waals surface area contributed by atoms with Gasteiger partial charge in [-0.05, 0) is 62.2 Å². The molecule has 6 nitrogen and oxygen atoms in total. The Hall–Kier alpha value is -3.80. The van der Waals surface area contributed by atoms with Crippen LogP contribution in [0, 0.1) is 13.8 Å². The van der Waals surface area contributed by atoms with Crippen molar-refractivity contribution in [2.75, 3.05) is 29.9 Å². The molecule has 1 saturated heterocycles. The normalized spacial score (nSPS) is 16.4. The van der Waals surface area contributed by atoms with Gasteiger partial charge in [-0.25, -0.2) is 9.79 Å². The number of piperazine rings is 1. The Bertz CT molecular complexity index is 1170. The number of benzene rings is 3. The lowest BCUT2D eigenvalue weighted by Crippen LogP contribution is -2.55. The molecule has 1 aliphatic heterocycles. The van der Waals surface area contributed by atoms with E-state index in [1.54, 1.807) is 18.2 Å². The average molecular weight is 457 g/mol. The fourth-order valence-corrected chi connectivity index (χ4v) is 4.28.